The maximum absolute atomic E-state index is 12.1. The number of carbonyl (C=O) groups is 1. The Balaban J connectivity index is 2.01. The molecule has 1 aromatic heterocycles. The second-order valence-corrected chi connectivity index (χ2v) is 6.82. The van der Waals surface area contributed by atoms with E-state index in [0.29, 0.717) is 18.1 Å². The quantitative estimate of drug-likeness (QED) is 0.804. The molecule has 2 amide bonds. The number of benzene rings is 1. The highest BCUT2D eigenvalue weighted by atomic mass is 32.1. The van der Waals surface area contributed by atoms with Crippen molar-refractivity contribution < 1.29 is 9.90 Å². The third-order valence-electron chi connectivity index (χ3n) is 3.79. The Bertz CT molecular complexity index is 645. The maximum Gasteiger partial charge on any atom is 0.323 e. The average Bonchev–Trinajstić information content (AvgIpc) is 3.02. The summed E-state index contributed by atoms with van der Waals surface area (Å²) in [6.07, 6.45) is 1.03. The zero-order valence-corrected chi connectivity index (χ0v) is 15.1. The van der Waals surface area contributed by atoms with Crippen molar-refractivity contribution in [3.05, 3.63) is 40.9 Å². The molecule has 0 bridgehead atoms. The van der Waals surface area contributed by atoms with E-state index in [-0.39, 0.29) is 11.9 Å². The highest BCUT2D eigenvalue weighted by Gasteiger charge is 2.18. The van der Waals surface area contributed by atoms with Crippen LogP contribution in [0.1, 0.15) is 43.2 Å². The predicted octanol–water partition coefficient (Wildman–Crippen LogP) is 3.31. The van der Waals surface area contributed by atoms with E-state index in [2.05, 4.69) is 34.6 Å². The number of nitrogens with one attached hydrogen (secondary N) is 1. The van der Waals surface area contributed by atoms with Gasteiger partial charge < -0.3 is 10.0 Å². The molecule has 0 aliphatic rings. The number of hydrogen-bond acceptors (Lipinski definition) is 5. The van der Waals surface area contributed by atoms with Crippen molar-refractivity contribution in [2.45, 2.75) is 38.7 Å². The van der Waals surface area contributed by atoms with Gasteiger partial charge in [0.1, 0.15) is 5.01 Å². The van der Waals surface area contributed by atoms with Gasteiger partial charge in [0, 0.05) is 19.5 Å². The lowest BCUT2D eigenvalue weighted by atomic mass is 9.97. The lowest BCUT2D eigenvalue weighted by Gasteiger charge is -2.17. The largest absolute Gasteiger partial charge is 0.393 e. The molecule has 6 nitrogen and oxygen atoms in total. The summed E-state index contributed by atoms with van der Waals surface area (Å²) < 4.78 is 0. The number of rotatable bonds is 7. The monoisotopic (exact) mass is 348 g/mol. The van der Waals surface area contributed by atoms with Crippen LogP contribution in [0.25, 0.3) is 0 Å². The third-order valence-corrected chi connectivity index (χ3v) is 4.74. The molecular weight excluding hydrogens is 324 g/mol. The van der Waals surface area contributed by atoms with Crippen molar-refractivity contribution in [3.8, 4) is 0 Å². The fourth-order valence-electron chi connectivity index (χ4n) is 2.33. The average molecular weight is 348 g/mol. The number of aliphatic hydroxyl groups is 1. The van der Waals surface area contributed by atoms with Crippen molar-refractivity contribution in [1.29, 1.82) is 0 Å². The van der Waals surface area contributed by atoms with E-state index in [1.54, 1.807) is 14.0 Å². The van der Waals surface area contributed by atoms with E-state index in [1.807, 2.05) is 18.2 Å². The van der Waals surface area contributed by atoms with Crippen molar-refractivity contribution in [2.75, 3.05) is 18.9 Å². The van der Waals surface area contributed by atoms with Crippen LogP contribution in [0.15, 0.2) is 30.3 Å². The van der Waals surface area contributed by atoms with E-state index in [9.17, 15) is 9.90 Å². The Morgan fingerprint density at radius 3 is 2.67 bits per heavy atom. The van der Waals surface area contributed by atoms with Crippen molar-refractivity contribution in [3.63, 3.8) is 0 Å². The maximum atomic E-state index is 12.1. The standard InChI is InChI=1S/C17H24N4O2S/c1-4-14(13-8-6-5-7-9-13)15-19-20-16(24-15)18-17(23)21(3)11-10-12(2)22/h5-9,12,14,22H,4,10-11H2,1-3H3,(H,18,20,23). The molecular formula is C17H24N4O2S. The van der Waals surface area contributed by atoms with Gasteiger partial charge in [0.15, 0.2) is 0 Å². The van der Waals surface area contributed by atoms with Gasteiger partial charge in [-0.3, -0.25) is 5.32 Å². The van der Waals surface area contributed by atoms with Gasteiger partial charge in [-0.2, -0.15) is 0 Å². The van der Waals surface area contributed by atoms with E-state index < -0.39 is 6.10 Å². The van der Waals surface area contributed by atoms with Crippen molar-refractivity contribution >= 4 is 22.5 Å². The minimum atomic E-state index is -0.426. The summed E-state index contributed by atoms with van der Waals surface area (Å²) >= 11 is 1.40. The number of aromatic nitrogens is 2. The van der Waals surface area contributed by atoms with Crippen LogP contribution in [0.3, 0.4) is 0 Å². The zero-order chi connectivity index (χ0) is 17.5. The summed E-state index contributed by atoms with van der Waals surface area (Å²) in [7, 11) is 1.69. The first kappa shape index (κ1) is 18.4. The van der Waals surface area contributed by atoms with Gasteiger partial charge in [-0.25, -0.2) is 4.79 Å². The van der Waals surface area contributed by atoms with Crippen LogP contribution in [0.5, 0.6) is 0 Å². The Kier molecular flexibility index (Phi) is 6.69. The number of anilines is 1. The van der Waals surface area contributed by atoms with Crippen molar-refractivity contribution in [1.82, 2.24) is 15.1 Å². The van der Waals surface area contributed by atoms with Crippen molar-refractivity contribution in [2.24, 2.45) is 0 Å². The molecule has 2 N–H and O–H groups in total. The molecule has 0 fully saturated rings. The summed E-state index contributed by atoms with van der Waals surface area (Å²) in [6, 6.07) is 9.93. The molecule has 2 aromatic rings. The molecule has 2 atom stereocenters. The molecule has 130 valence electrons. The summed E-state index contributed by atoms with van der Waals surface area (Å²) in [5, 5.41) is 21.8. The Morgan fingerprint density at radius 2 is 2.04 bits per heavy atom. The molecule has 2 rings (SSSR count). The molecule has 0 saturated carbocycles. The van der Waals surface area contributed by atoms with Gasteiger partial charge in [0.05, 0.1) is 6.10 Å². The molecule has 1 aromatic carbocycles. The van der Waals surface area contributed by atoms with E-state index in [4.69, 9.17) is 0 Å². The summed E-state index contributed by atoms with van der Waals surface area (Å²) in [6.45, 7) is 4.30. The normalized spacial score (nSPS) is 13.3. The van der Waals surface area contributed by atoms with Gasteiger partial charge in [-0.1, -0.05) is 48.6 Å². The zero-order valence-electron chi connectivity index (χ0n) is 14.3. The van der Waals surface area contributed by atoms with Crippen LogP contribution < -0.4 is 5.32 Å². The molecule has 0 radical (unpaired) electrons. The highest BCUT2D eigenvalue weighted by Crippen LogP contribution is 2.31. The Labute approximate surface area is 146 Å². The fourth-order valence-corrected chi connectivity index (χ4v) is 3.28. The van der Waals surface area contributed by atoms with Gasteiger partial charge in [-0.15, -0.1) is 10.2 Å². The number of hydrogen-bond donors (Lipinski definition) is 2. The number of carbonyl (C=O) groups excluding carboxylic acids is 1. The lowest BCUT2D eigenvalue weighted by Crippen LogP contribution is -2.33. The number of nitrogens with zero attached hydrogens (tertiary/aromatic N) is 3. The number of amides is 2. The molecule has 7 heteroatoms. The van der Waals surface area contributed by atoms with Gasteiger partial charge >= 0.3 is 6.03 Å². The molecule has 0 aliphatic heterocycles. The smallest absolute Gasteiger partial charge is 0.323 e. The minimum Gasteiger partial charge on any atom is -0.393 e. The molecule has 24 heavy (non-hydrogen) atoms. The van der Waals surface area contributed by atoms with E-state index >= 15 is 0 Å². The van der Waals surface area contributed by atoms with Gasteiger partial charge in [0.2, 0.25) is 5.13 Å². The molecule has 0 spiro atoms. The second-order valence-electron chi connectivity index (χ2n) is 5.81. The van der Waals surface area contributed by atoms with Gasteiger partial charge in [0.25, 0.3) is 0 Å². The molecule has 2 unspecified atom stereocenters. The third kappa shape index (κ3) is 5.01. The summed E-state index contributed by atoms with van der Waals surface area (Å²) in [5.74, 6) is 0.183. The molecule has 0 saturated heterocycles. The van der Waals surface area contributed by atoms with E-state index in [1.165, 1.54) is 21.8 Å². The lowest BCUT2D eigenvalue weighted by molar-refractivity contribution is 0.167. The SMILES string of the molecule is CCC(c1ccccc1)c1nnc(NC(=O)N(C)CCC(C)O)s1. The number of urea groups is 1. The first-order valence-corrected chi connectivity index (χ1v) is 8.91. The van der Waals surface area contributed by atoms with Crippen LogP contribution in [-0.2, 0) is 0 Å². The van der Waals surface area contributed by atoms with E-state index in [0.717, 1.165) is 11.4 Å². The highest BCUT2D eigenvalue weighted by molar-refractivity contribution is 7.15. The van der Waals surface area contributed by atoms with Gasteiger partial charge in [-0.05, 0) is 25.3 Å². The fraction of sp³-hybridized carbons (Fsp3) is 0.471. The second kappa shape index (κ2) is 8.75. The predicted molar refractivity (Wildman–Crippen MR) is 96.4 cm³/mol. The first-order valence-electron chi connectivity index (χ1n) is 8.09. The van der Waals surface area contributed by atoms with Crippen LogP contribution in [0, 0.1) is 0 Å². The topological polar surface area (TPSA) is 78.4 Å². The van der Waals surface area contributed by atoms with Crippen LogP contribution in [0.2, 0.25) is 0 Å². The Hall–Kier alpha value is -1.99. The first-order chi connectivity index (χ1) is 11.5. The Morgan fingerprint density at radius 1 is 1.33 bits per heavy atom. The van der Waals surface area contributed by atoms with Crippen LogP contribution in [-0.4, -0.2) is 45.9 Å². The summed E-state index contributed by atoms with van der Waals surface area (Å²) in [5.41, 5.74) is 1.20. The van der Waals surface area contributed by atoms with Crippen LogP contribution in [0.4, 0.5) is 9.93 Å². The number of aliphatic hydroxyl groups excluding tert-OH is 1. The molecule has 0 aliphatic carbocycles. The summed E-state index contributed by atoms with van der Waals surface area (Å²) in [4.78, 5) is 13.6. The molecule has 1 heterocycles. The van der Waals surface area contributed by atoms with Crippen LogP contribution >= 0.6 is 11.3 Å². The minimum absolute atomic E-state index is 0.183.